The van der Waals surface area contributed by atoms with Gasteiger partial charge >= 0.3 is 0 Å². The van der Waals surface area contributed by atoms with E-state index < -0.39 is 5.82 Å². The monoisotopic (exact) mass is 204 g/mol. The molecule has 3 heteroatoms. The summed E-state index contributed by atoms with van der Waals surface area (Å²) >= 11 is 0. The molecule has 0 unspecified atom stereocenters. The van der Waals surface area contributed by atoms with E-state index in [4.69, 9.17) is 11.0 Å². The molecule has 15 heavy (non-hydrogen) atoms. The summed E-state index contributed by atoms with van der Waals surface area (Å²) in [5.41, 5.74) is 7.08. The molecule has 1 aromatic carbocycles. The van der Waals surface area contributed by atoms with E-state index in [1.807, 2.05) is 6.07 Å². The van der Waals surface area contributed by atoms with Gasteiger partial charge in [-0.3, -0.25) is 0 Å². The van der Waals surface area contributed by atoms with Crippen molar-refractivity contribution in [3.05, 3.63) is 35.1 Å². The molecule has 1 aliphatic carbocycles. The van der Waals surface area contributed by atoms with E-state index in [0.717, 1.165) is 31.2 Å². The van der Waals surface area contributed by atoms with Crippen LogP contribution in [-0.2, 0) is 6.42 Å². The molecule has 0 aromatic heterocycles. The Kier molecular flexibility index (Phi) is 2.45. The molecular weight excluding hydrogens is 191 g/mol. The third-order valence-electron chi connectivity index (χ3n) is 2.96. The molecule has 0 atom stereocenters. The molecule has 0 aliphatic heterocycles. The van der Waals surface area contributed by atoms with E-state index >= 15 is 0 Å². The quantitative estimate of drug-likeness (QED) is 0.819. The van der Waals surface area contributed by atoms with Gasteiger partial charge in [-0.15, -0.1) is 0 Å². The van der Waals surface area contributed by atoms with Crippen LogP contribution in [0, 0.1) is 17.1 Å². The highest BCUT2D eigenvalue weighted by Gasteiger charge is 2.37. The van der Waals surface area contributed by atoms with Crippen LogP contribution in [0.25, 0.3) is 0 Å². The number of nitriles is 1. The molecule has 1 aromatic rings. The molecule has 1 fully saturated rings. The van der Waals surface area contributed by atoms with Gasteiger partial charge in [-0.1, -0.05) is 6.07 Å². The first-order valence-corrected chi connectivity index (χ1v) is 5.10. The van der Waals surface area contributed by atoms with E-state index in [-0.39, 0.29) is 11.1 Å². The van der Waals surface area contributed by atoms with Gasteiger partial charge in [0.15, 0.2) is 0 Å². The lowest BCUT2D eigenvalue weighted by molar-refractivity contribution is 0.604. The summed E-state index contributed by atoms with van der Waals surface area (Å²) in [7, 11) is 0. The first-order valence-electron chi connectivity index (χ1n) is 5.10. The average Bonchev–Trinajstić information content (AvgIpc) is 2.96. The van der Waals surface area contributed by atoms with Crippen molar-refractivity contribution >= 4 is 0 Å². The van der Waals surface area contributed by atoms with Crippen molar-refractivity contribution < 1.29 is 4.39 Å². The number of hydrogen-bond donors (Lipinski definition) is 1. The number of nitrogens with zero attached hydrogens (tertiary/aromatic N) is 1. The van der Waals surface area contributed by atoms with Crippen LogP contribution in [0.15, 0.2) is 18.2 Å². The van der Waals surface area contributed by atoms with Gasteiger partial charge in [-0.05, 0) is 43.4 Å². The van der Waals surface area contributed by atoms with Crippen LogP contribution in [0.4, 0.5) is 4.39 Å². The lowest BCUT2D eigenvalue weighted by Gasteiger charge is -2.08. The van der Waals surface area contributed by atoms with Crippen LogP contribution >= 0.6 is 0 Å². The van der Waals surface area contributed by atoms with Crippen molar-refractivity contribution in [3.8, 4) is 6.07 Å². The van der Waals surface area contributed by atoms with Gasteiger partial charge in [0.1, 0.15) is 11.9 Å². The number of benzene rings is 1. The second-order valence-corrected chi connectivity index (χ2v) is 4.29. The van der Waals surface area contributed by atoms with Gasteiger partial charge in [0, 0.05) is 5.54 Å². The van der Waals surface area contributed by atoms with Crippen molar-refractivity contribution in [1.82, 2.24) is 0 Å². The van der Waals surface area contributed by atoms with Gasteiger partial charge < -0.3 is 5.73 Å². The minimum Gasteiger partial charge on any atom is -0.325 e. The normalized spacial score (nSPS) is 17.1. The van der Waals surface area contributed by atoms with E-state index in [2.05, 4.69) is 0 Å². The first kappa shape index (κ1) is 10.1. The Morgan fingerprint density at radius 3 is 2.80 bits per heavy atom. The fraction of sp³-hybridized carbons (Fsp3) is 0.417. The number of nitrogens with two attached hydrogens (primary N) is 1. The van der Waals surface area contributed by atoms with Crippen molar-refractivity contribution in [2.75, 3.05) is 0 Å². The third-order valence-corrected chi connectivity index (χ3v) is 2.96. The summed E-state index contributed by atoms with van der Waals surface area (Å²) in [4.78, 5) is 0. The summed E-state index contributed by atoms with van der Waals surface area (Å²) in [6, 6.07) is 6.53. The molecule has 1 aliphatic rings. The Morgan fingerprint density at radius 1 is 1.47 bits per heavy atom. The maximum atomic E-state index is 13.0. The second kappa shape index (κ2) is 3.63. The number of aryl methyl sites for hydroxylation is 1. The van der Waals surface area contributed by atoms with Crippen LogP contribution in [-0.4, -0.2) is 5.54 Å². The second-order valence-electron chi connectivity index (χ2n) is 4.29. The molecule has 2 rings (SSSR count). The summed E-state index contributed by atoms with van der Waals surface area (Å²) in [6.45, 7) is 0. The molecule has 2 N–H and O–H groups in total. The minimum atomic E-state index is -0.449. The highest BCUT2D eigenvalue weighted by molar-refractivity contribution is 5.34. The van der Waals surface area contributed by atoms with E-state index in [0.29, 0.717) is 0 Å². The number of halogens is 1. The maximum Gasteiger partial charge on any atom is 0.140 e. The highest BCUT2D eigenvalue weighted by atomic mass is 19.1. The zero-order valence-corrected chi connectivity index (χ0v) is 8.46. The largest absolute Gasteiger partial charge is 0.325 e. The van der Waals surface area contributed by atoms with Gasteiger partial charge in [0.25, 0.3) is 0 Å². The number of rotatable bonds is 3. The SMILES string of the molecule is N#Cc1cc(CCC2(N)CC2)ccc1F. The molecule has 0 saturated heterocycles. The van der Waals surface area contributed by atoms with Crippen LogP contribution < -0.4 is 5.73 Å². The zero-order valence-electron chi connectivity index (χ0n) is 8.46. The standard InChI is InChI=1S/C12H13FN2/c13-11-2-1-9(7-10(11)8-14)3-4-12(15)5-6-12/h1-2,7H,3-6,15H2. The maximum absolute atomic E-state index is 13.0. The average molecular weight is 204 g/mol. The summed E-state index contributed by atoms with van der Waals surface area (Å²) < 4.78 is 13.0. The Hall–Kier alpha value is -1.40. The third kappa shape index (κ3) is 2.34. The lowest BCUT2D eigenvalue weighted by Crippen LogP contribution is -2.22. The molecule has 0 bridgehead atoms. The molecule has 78 valence electrons. The van der Waals surface area contributed by atoms with Crippen LogP contribution in [0.1, 0.15) is 30.4 Å². The van der Waals surface area contributed by atoms with Gasteiger partial charge in [-0.2, -0.15) is 5.26 Å². The predicted octanol–water partition coefficient (Wildman–Crippen LogP) is 2.12. The zero-order chi connectivity index (χ0) is 10.9. The van der Waals surface area contributed by atoms with Gasteiger partial charge in [0.05, 0.1) is 5.56 Å². The Labute approximate surface area is 88.5 Å². The van der Waals surface area contributed by atoms with Crippen LogP contribution in [0.5, 0.6) is 0 Å². The van der Waals surface area contributed by atoms with Crippen LogP contribution in [0.3, 0.4) is 0 Å². The minimum absolute atomic E-state index is 0.0151. The summed E-state index contributed by atoms with van der Waals surface area (Å²) in [5.74, 6) is -0.449. The van der Waals surface area contributed by atoms with E-state index in [9.17, 15) is 4.39 Å². The first-order chi connectivity index (χ1) is 7.13. The molecule has 2 nitrogen and oxygen atoms in total. The summed E-state index contributed by atoms with van der Waals surface area (Å²) in [6.07, 6.45) is 3.91. The van der Waals surface area contributed by atoms with E-state index in [1.165, 1.54) is 6.07 Å². The summed E-state index contributed by atoms with van der Waals surface area (Å²) in [5, 5.41) is 8.67. The fourth-order valence-electron chi connectivity index (χ4n) is 1.62. The predicted molar refractivity (Wildman–Crippen MR) is 55.6 cm³/mol. The molecule has 0 amide bonds. The van der Waals surface area contributed by atoms with Gasteiger partial charge in [-0.25, -0.2) is 4.39 Å². The van der Waals surface area contributed by atoms with Crippen molar-refractivity contribution in [1.29, 1.82) is 5.26 Å². The van der Waals surface area contributed by atoms with Gasteiger partial charge in [0.2, 0.25) is 0 Å². The smallest absolute Gasteiger partial charge is 0.140 e. The fourth-order valence-corrected chi connectivity index (χ4v) is 1.62. The molecule has 0 spiro atoms. The van der Waals surface area contributed by atoms with Crippen molar-refractivity contribution in [3.63, 3.8) is 0 Å². The van der Waals surface area contributed by atoms with Crippen LogP contribution in [0.2, 0.25) is 0 Å². The molecule has 0 heterocycles. The Bertz CT molecular complexity index is 416. The molecular formula is C12H13FN2. The lowest BCUT2D eigenvalue weighted by atomic mass is 10.0. The van der Waals surface area contributed by atoms with E-state index in [1.54, 1.807) is 12.1 Å². The van der Waals surface area contributed by atoms with Crippen molar-refractivity contribution in [2.24, 2.45) is 5.73 Å². The Morgan fingerprint density at radius 2 is 2.20 bits per heavy atom. The topological polar surface area (TPSA) is 49.8 Å². The molecule has 1 saturated carbocycles. The van der Waals surface area contributed by atoms with Crippen molar-refractivity contribution in [2.45, 2.75) is 31.2 Å². The highest BCUT2D eigenvalue weighted by Crippen LogP contribution is 2.36. The number of hydrogen-bond acceptors (Lipinski definition) is 2. The molecule has 0 radical (unpaired) electrons. The Balaban J connectivity index is 2.06.